The van der Waals surface area contributed by atoms with Crippen LogP contribution in [0.5, 0.6) is 0 Å². The van der Waals surface area contributed by atoms with E-state index in [9.17, 15) is 8.78 Å². The number of unbranched alkanes of at least 4 members (excludes halogenated alkanes) is 5. The molecule has 0 aliphatic rings. The Morgan fingerprint density at radius 3 is 1.83 bits per heavy atom. The zero-order valence-electron chi connectivity index (χ0n) is 7.57. The van der Waals surface area contributed by atoms with E-state index in [2.05, 4.69) is 0 Å². The van der Waals surface area contributed by atoms with Crippen LogP contribution in [0.15, 0.2) is 0 Å². The van der Waals surface area contributed by atoms with Crippen LogP contribution in [0.4, 0.5) is 8.78 Å². The summed E-state index contributed by atoms with van der Waals surface area (Å²) in [6.07, 6.45) is 3.98. The normalized spacial score (nSPS) is 11.0. The van der Waals surface area contributed by atoms with E-state index in [0.717, 1.165) is 38.6 Å². The SMILES string of the molecule is NCCCCCCCCC(F)F. The summed E-state index contributed by atoms with van der Waals surface area (Å²) in [6, 6.07) is 0. The fraction of sp³-hybridized carbons (Fsp3) is 1.00. The molecular weight excluding hydrogens is 160 g/mol. The molecule has 0 saturated heterocycles. The molecule has 3 heteroatoms. The zero-order valence-corrected chi connectivity index (χ0v) is 7.57. The Morgan fingerprint density at radius 1 is 0.833 bits per heavy atom. The summed E-state index contributed by atoms with van der Waals surface area (Å²) in [5.41, 5.74) is 5.31. The molecule has 0 rings (SSSR count). The monoisotopic (exact) mass is 179 g/mol. The third kappa shape index (κ3) is 9.82. The Hall–Kier alpha value is -0.180. The maximum atomic E-state index is 11.6. The second-order valence-electron chi connectivity index (χ2n) is 3.09. The minimum Gasteiger partial charge on any atom is -0.330 e. The third-order valence-corrected chi connectivity index (χ3v) is 1.88. The van der Waals surface area contributed by atoms with Gasteiger partial charge in [-0.25, -0.2) is 8.78 Å². The second-order valence-corrected chi connectivity index (χ2v) is 3.09. The summed E-state index contributed by atoms with van der Waals surface area (Å²) >= 11 is 0. The highest BCUT2D eigenvalue weighted by Gasteiger charge is 2.00. The standard InChI is InChI=1S/C9H19F2N/c10-9(11)7-5-3-1-2-4-6-8-12/h9H,1-8,12H2. The summed E-state index contributed by atoms with van der Waals surface area (Å²) < 4.78 is 23.3. The van der Waals surface area contributed by atoms with Gasteiger partial charge < -0.3 is 5.73 Å². The third-order valence-electron chi connectivity index (χ3n) is 1.88. The molecule has 0 aliphatic carbocycles. The van der Waals surface area contributed by atoms with Crippen LogP contribution in [-0.4, -0.2) is 13.0 Å². The van der Waals surface area contributed by atoms with Gasteiger partial charge >= 0.3 is 0 Å². The highest BCUT2D eigenvalue weighted by Crippen LogP contribution is 2.10. The van der Waals surface area contributed by atoms with Gasteiger partial charge in [0.1, 0.15) is 0 Å². The molecule has 12 heavy (non-hydrogen) atoms. The fourth-order valence-corrected chi connectivity index (χ4v) is 1.15. The van der Waals surface area contributed by atoms with Crippen molar-refractivity contribution in [2.45, 2.75) is 51.4 Å². The number of hydrogen-bond donors (Lipinski definition) is 1. The molecule has 0 saturated carbocycles. The minimum atomic E-state index is -2.12. The van der Waals surface area contributed by atoms with Crippen LogP contribution >= 0.6 is 0 Å². The van der Waals surface area contributed by atoms with Gasteiger partial charge in [0.15, 0.2) is 0 Å². The van der Waals surface area contributed by atoms with Gasteiger partial charge in [-0.15, -0.1) is 0 Å². The summed E-state index contributed by atoms with van der Waals surface area (Å²) in [4.78, 5) is 0. The summed E-state index contributed by atoms with van der Waals surface area (Å²) in [6.45, 7) is 0.747. The highest BCUT2D eigenvalue weighted by molar-refractivity contribution is 4.47. The van der Waals surface area contributed by atoms with E-state index in [1.807, 2.05) is 0 Å². The second kappa shape index (κ2) is 8.91. The average molecular weight is 179 g/mol. The van der Waals surface area contributed by atoms with Gasteiger partial charge in [0.2, 0.25) is 6.43 Å². The van der Waals surface area contributed by atoms with Crippen molar-refractivity contribution in [1.82, 2.24) is 0 Å². The number of halogens is 2. The Balaban J connectivity index is 2.82. The Labute approximate surface area is 73.3 Å². The first-order chi connectivity index (χ1) is 5.77. The van der Waals surface area contributed by atoms with Crippen molar-refractivity contribution in [3.8, 4) is 0 Å². The van der Waals surface area contributed by atoms with E-state index in [-0.39, 0.29) is 6.42 Å². The first kappa shape index (κ1) is 11.8. The van der Waals surface area contributed by atoms with Crippen molar-refractivity contribution in [2.75, 3.05) is 6.54 Å². The van der Waals surface area contributed by atoms with Gasteiger partial charge in [-0.05, 0) is 19.4 Å². The molecule has 0 spiro atoms. The Bertz CT molecular complexity index is 86.6. The van der Waals surface area contributed by atoms with Crippen molar-refractivity contribution in [3.63, 3.8) is 0 Å². The first-order valence-corrected chi connectivity index (χ1v) is 4.75. The molecule has 0 atom stereocenters. The smallest absolute Gasteiger partial charge is 0.238 e. The number of hydrogen-bond acceptors (Lipinski definition) is 1. The highest BCUT2D eigenvalue weighted by atomic mass is 19.3. The predicted octanol–water partition coefficient (Wildman–Crippen LogP) is 2.94. The molecule has 0 aliphatic heterocycles. The van der Waals surface area contributed by atoms with E-state index in [0.29, 0.717) is 6.42 Å². The molecule has 0 bridgehead atoms. The van der Waals surface area contributed by atoms with Gasteiger partial charge in [0.05, 0.1) is 0 Å². The summed E-state index contributed by atoms with van der Waals surface area (Å²) in [5, 5.41) is 0. The van der Waals surface area contributed by atoms with Gasteiger partial charge in [0, 0.05) is 6.42 Å². The molecule has 2 N–H and O–H groups in total. The van der Waals surface area contributed by atoms with E-state index < -0.39 is 6.43 Å². The molecule has 0 radical (unpaired) electrons. The molecule has 0 unspecified atom stereocenters. The van der Waals surface area contributed by atoms with Crippen molar-refractivity contribution in [1.29, 1.82) is 0 Å². The molecule has 0 fully saturated rings. The van der Waals surface area contributed by atoms with Crippen molar-refractivity contribution >= 4 is 0 Å². The van der Waals surface area contributed by atoms with Crippen LogP contribution in [0, 0.1) is 0 Å². The molecule has 74 valence electrons. The van der Waals surface area contributed by atoms with E-state index in [4.69, 9.17) is 5.73 Å². The van der Waals surface area contributed by atoms with Crippen molar-refractivity contribution < 1.29 is 8.78 Å². The lowest BCUT2D eigenvalue weighted by molar-refractivity contribution is 0.133. The van der Waals surface area contributed by atoms with Gasteiger partial charge in [-0.3, -0.25) is 0 Å². The Kier molecular flexibility index (Phi) is 8.78. The van der Waals surface area contributed by atoms with E-state index in [1.165, 1.54) is 0 Å². The lowest BCUT2D eigenvalue weighted by atomic mass is 10.1. The molecule has 0 aromatic heterocycles. The number of nitrogens with two attached hydrogens (primary N) is 1. The van der Waals surface area contributed by atoms with Crippen molar-refractivity contribution in [2.24, 2.45) is 5.73 Å². The molecule has 1 nitrogen and oxygen atoms in total. The lowest BCUT2D eigenvalue weighted by Crippen LogP contribution is -1.97. The lowest BCUT2D eigenvalue weighted by Gasteiger charge is -2.00. The maximum Gasteiger partial charge on any atom is 0.238 e. The van der Waals surface area contributed by atoms with Crippen LogP contribution in [0.2, 0.25) is 0 Å². The number of rotatable bonds is 8. The van der Waals surface area contributed by atoms with Gasteiger partial charge in [-0.1, -0.05) is 25.7 Å². The average Bonchev–Trinajstić information content (AvgIpc) is 2.02. The molecule has 0 aromatic rings. The van der Waals surface area contributed by atoms with Gasteiger partial charge in [0.25, 0.3) is 0 Å². The van der Waals surface area contributed by atoms with Crippen LogP contribution in [-0.2, 0) is 0 Å². The Morgan fingerprint density at radius 2 is 1.33 bits per heavy atom. The van der Waals surface area contributed by atoms with Crippen molar-refractivity contribution in [3.05, 3.63) is 0 Å². The van der Waals surface area contributed by atoms with Gasteiger partial charge in [-0.2, -0.15) is 0 Å². The van der Waals surface area contributed by atoms with Crippen LogP contribution in [0.3, 0.4) is 0 Å². The summed E-state index contributed by atoms with van der Waals surface area (Å²) in [7, 11) is 0. The molecule has 0 amide bonds. The molecular formula is C9H19F2N. The van der Waals surface area contributed by atoms with Crippen LogP contribution < -0.4 is 5.73 Å². The molecule has 0 heterocycles. The van der Waals surface area contributed by atoms with Crippen LogP contribution in [0.25, 0.3) is 0 Å². The zero-order chi connectivity index (χ0) is 9.23. The number of alkyl halides is 2. The summed E-state index contributed by atoms with van der Waals surface area (Å²) in [5.74, 6) is 0. The molecule has 0 aromatic carbocycles. The predicted molar refractivity (Wildman–Crippen MR) is 47.4 cm³/mol. The minimum absolute atomic E-state index is 0.0664. The van der Waals surface area contributed by atoms with E-state index in [1.54, 1.807) is 0 Å². The maximum absolute atomic E-state index is 11.6. The fourth-order valence-electron chi connectivity index (χ4n) is 1.15. The van der Waals surface area contributed by atoms with Crippen LogP contribution in [0.1, 0.15) is 44.9 Å². The largest absolute Gasteiger partial charge is 0.330 e. The first-order valence-electron chi connectivity index (χ1n) is 4.75. The van der Waals surface area contributed by atoms with E-state index >= 15 is 0 Å². The quantitative estimate of drug-likeness (QED) is 0.569. The topological polar surface area (TPSA) is 26.0 Å².